The van der Waals surface area contributed by atoms with E-state index in [0.717, 1.165) is 6.07 Å². The number of aliphatic hydroxyl groups is 1. The van der Waals surface area contributed by atoms with E-state index in [4.69, 9.17) is 4.74 Å². The molecule has 1 unspecified atom stereocenters. The fourth-order valence-electron chi connectivity index (χ4n) is 4.67. The molecule has 1 aliphatic carbocycles. The average Bonchev–Trinajstić information content (AvgIpc) is 3.09. The van der Waals surface area contributed by atoms with Crippen LogP contribution in [-0.4, -0.2) is 51.5 Å². The second kappa shape index (κ2) is 8.66. The summed E-state index contributed by atoms with van der Waals surface area (Å²) < 4.78 is 45.3. The third kappa shape index (κ3) is 5.34. The lowest BCUT2D eigenvalue weighted by Crippen LogP contribution is -2.52. The summed E-state index contributed by atoms with van der Waals surface area (Å²) in [5, 5.41) is 23.3. The normalized spacial score (nSPS) is 24.2. The molecule has 3 rings (SSSR count). The number of nitrogens with one attached hydrogen (secondary N) is 1. The Morgan fingerprint density at radius 1 is 1.33 bits per heavy atom. The first-order chi connectivity index (χ1) is 15.1. The Morgan fingerprint density at radius 2 is 2.00 bits per heavy atom. The van der Waals surface area contributed by atoms with Gasteiger partial charge in [-0.1, -0.05) is 0 Å². The minimum atomic E-state index is -4.64. The number of nitrogens with zero attached hydrogens (tertiary/aromatic N) is 2. The second-order valence-corrected chi connectivity index (χ2v) is 9.94. The van der Waals surface area contributed by atoms with Crippen LogP contribution in [0.3, 0.4) is 0 Å². The van der Waals surface area contributed by atoms with Crippen LogP contribution in [0.2, 0.25) is 0 Å². The van der Waals surface area contributed by atoms with Crippen molar-refractivity contribution in [3.63, 3.8) is 0 Å². The molecule has 184 valence electrons. The molecule has 1 aromatic heterocycles. The molecular formula is C22H31F3N3O5+. The van der Waals surface area contributed by atoms with E-state index in [1.165, 1.54) is 11.8 Å². The zero-order valence-electron chi connectivity index (χ0n) is 19.2. The quantitative estimate of drug-likeness (QED) is 0.462. The number of hydrogen-bond donors (Lipinski definition) is 3. The first kappa shape index (κ1) is 25.1. The highest BCUT2D eigenvalue weighted by Gasteiger charge is 2.51. The summed E-state index contributed by atoms with van der Waals surface area (Å²) in [5.41, 5.74) is -2.35. The number of ether oxygens (including phenoxy) is 1. The molecule has 2 aliphatic rings. The van der Waals surface area contributed by atoms with Crippen LogP contribution in [0, 0.1) is 5.41 Å². The maximum atomic E-state index is 13.5. The smallest absolute Gasteiger partial charge is 0.422 e. The fourth-order valence-corrected chi connectivity index (χ4v) is 4.67. The number of pyridine rings is 1. The van der Waals surface area contributed by atoms with E-state index >= 15 is 0 Å². The third-order valence-corrected chi connectivity index (χ3v) is 6.33. The van der Waals surface area contributed by atoms with Crippen LogP contribution in [0.15, 0.2) is 12.3 Å². The molecule has 1 aromatic rings. The van der Waals surface area contributed by atoms with Crippen molar-refractivity contribution in [1.82, 2.24) is 10.2 Å². The van der Waals surface area contributed by atoms with Gasteiger partial charge in [0.25, 0.3) is 0 Å². The number of amides is 2. The van der Waals surface area contributed by atoms with Crippen LogP contribution in [-0.2, 0) is 28.7 Å². The van der Waals surface area contributed by atoms with Crippen molar-refractivity contribution in [3.05, 3.63) is 29.1 Å². The summed E-state index contributed by atoms with van der Waals surface area (Å²) in [4.78, 5) is 27.1. The Kier molecular flexibility index (Phi) is 6.58. The van der Waals surface area contributed by atoms with E-state index in [2.05, 4.69) is 5.32 Å². The SMILES string of the molecule is CC(O)[C@]1(C(=O)N2CCc3c(cc(C(F)(F)F)c[n+]3O)C2)CC[C@@H](NC(=O)OC(C)(C)C)C1. The van der Waals surface area contributed by atoms with Gasteiger partial charge in [0.1, 0.15) is 11.2 Å². The van der Waals surface area contributed by atoms with E-state index in [1.807, 2.05) is 0 Å². The highest BCUT2D eigenvalue weighted by atomic mass is 19.4. The molecule has 11 heteroatoms. The van der Waals surface area contributed by atoms with Gasteiger partial charge >= 0.3 is 12.3 Å². The number of aromatic nitrogens is 1. The van der Waals surface area contributed by atoms with Crippen molar-refractivity contribution in [2.75, 3.05) is 6.54 Å². The Labute approximate surface area is 190 Å². The minimum absolute atomic E-state index is 0.114. The van der Waals surface area contributed by atoms with Gasteiger partial charge in [-0.05, 0) is 53.0 Å². The van der Waals surface area contributed by atoms with Crippen molar-refractivity contribution in [3.8, 4) is 0 Å². The van der Waals surface area contributed by atoms with Crippen molar-refractivity contribution in [1.29, 1.82) is 0 Å². The first-order valence-electron chi connectivity index (χ1n) is 10.9. The van der Waals surface area contributed by atoms with Crippen LogP contribution < -0.4 is 10.0 Å². The number of halogens is 3. The molecule has 0 aromatic carbocycles. The van der Waals surface area contributed by atoms with E-state index in [1.54, 1.807) is 20.8 Å². The zero-order valence-corrected chi connectivity index (χ0v) is 19.2. The minimum Gasteiger partial charge on any atom is -0.444 e. The van der Waals surface area contributed by atoms with Gasteiger partial charge in [0.15, 0.2) is 0 Å². The largest absolute Gasteiger partial charge is 0.444 e. The van der Waals surface area contributed by atoms with Gasteiger partial charge in [-0.2, -0.15) is 13.2 Å². The lowest BCUT2D eigenvalue weighted by atomic mass is 9.78. The summed E-state index contributed by atoms with van der Waals surface area (Å²) in [6.07, 6.45) is -4.53. The summed E-state index contributed by atoms with van der Waals surface area (Å²) in [7, 11) is 0. The van der Waals surface area contributed by atoms with E-state index < -0.39 is 35.0 Å². The second-order valence-electron chi connectivity index (χ2n) is 9.94. The van der Waals surface area contributed by atoms with E-state index in [-0.39, 0.29) is 43.4 Å². The number of aliphatic hydroxyl groups excluding tert-OH is 1. The molecule has 1 saturated carbocycles. The number of carbonyl (C=O) groups is 2. The van der Waals surface area contributed by atoms with Crippen molar-refractivity contribution in [2.24, 2.45) is 5.41 Å². The van der Waals surface area contributed by atoms with E-state index in [0.29, 0.717) is 29.5 Å². The summed E-state index contributed by atoms with van der Waals surface area (Å²) in [6.45, 7) is 6.79. The number of rotatable bonds is 3. The lowest BCUT2D eigenvalue weighted by Gasteiger charge is -2.38. The first-order valence-corrected chi connectivity index (χ1v) is 10.9. The molecule has 1 fully saturated rings. The molecule has 3 atom stereocenters. The molecular weight excluding hydrogens is 443 g/mol. The van der Waals surface area contributed by atoms with Gasteiger partial charge in [-0.3, -0.25) is 10.0 Å². The summed E-state index contributed by atoms with van der Waals surface area (Å²) in [6, 6.07) is 0.560. The number of alkyl halides is 3. The molecule has 0 radical (unpaired) electrons. The summed E-state index contributed by atoms with van der Waals surface area (Å²) in [5.74, 6) is -0.376. The van der Waals surface area contributed by atoms with Gasteiger partial charge < -0.3 is 20.1 Å². The molecule has 2 heterocycles. The van der Waals surface area contributed by atoms with Crippen molar-refractivity contribution < 1.29 is 42.5 Å². The predicted molar refractivity (Wildman–Crippen MR) is 109 cm³/mol. The highest BCUT2D eigenvalue weighted by Crippen LogP contribution is 2.44. The fraction of sp³-hybridized carbons (Fsp3) is 0.682. The molecule has 0 spiro atoms. The van der Waals surface area contributed by atoms with Crippen molar-refractivity contribution in [2.45, 2.75) is 83.8 Å². The lowest BCUT2D eigenvalue weighted by molar-refractivity contribution is -0.910. The Bertz CT molecular complexity index is 929. The third-order valence-electron chi connectivity index (χ3n) is 6.33. The monoisotopic (exact) mass is 474 g/mol. The summed E-state index contributed by atoms with van der Waals surface area (Å²) >= 11 is 0. The Balaban J connectivity index is 1.78. The van der Waals surface area contributed by atoms with Crippen LogP contribution >= 0.6 is 0 Å². The van der Waals surface area contributed by atoms with Crippen LogP contribution in [0.4, 0.5) is 18.0 Å². The Hall–Kier alpha value is -2.56. The number of alkyl carbamates (subject to hydrolysis) is 1. The molecule has 0 bridgehead atoms. The maximum Gasteiger partial charge on any atom is 0.422 e. The number of hydrogen-bond acceptors (Lipinski definition) is 5. The highest BCUT2D eigenvalue weighted by molar-refractivity contribution is 5.84. The van der Waals surface area contributed by atoms with E-state index in [9.17, 15) is 33.1 Å². The maximum absolute atomic E-state index is 13.5. The van der Waals surface area contributed by atoms with Crippen LogP contribution in [0.5, 0.6) is 0 Å². The molecule has 33 heavy (non-hydrogen) atoms. The van der Waals surface area contributed by atoms with Gasteiger partial charge in [0, 0.05) is 22.9 Å². The molecule has 3 N–H and O–H groups in total. The van der Waals surface area contributed by atoms with Crippen LogP contribution in [0.1, 0.15) is 63.8 Å². The van der Waals surface area contributed by atoms with Gasteiger partial charge in [0.05, 0.1) is 24.5 Å². The zero-order chi connectivity index (χ0) is 24.8. The van der Waals surface area contributed by atoms with Gasteiger partial charge in [-0.15, -0.1) is 0 Å². The topological polar surface area (TPSA) is 103 Å². The van der Waals surface area contributed by atoms with Crippen LogP contribution in [0.25, 0.3) is 0 Å². The molecule has 1 aliphatic heterocycles. The van der Waals surface area contributed by atoms with Gasteiger partial charge in [-0.25, -0.2) is 4.79 Å². The molecule has 8 nitrogen and oxygen atoms in total. The average molecular weight is 475 g/mol. The van der Waals surface area contributed by atoms with Crippen molar-refractivity contribution >= 4 is 12.0 Å². The Morgan fingerprint density at radius 3 is 2.58 bits per heavy atom. The standard InChI is InChI=1S/C22H30F3N3O5/c1-13(29)21(7-5-16(10-21)26-19(31)33-20(2,3)4)18(30)27-8-6-17-14(11-27)9-15(12-28(17)32)22(23,24)25/h9,12-13,16,29H,5-8,10-11H2,1-4H3,(H-,26,31,32)/p+1/t13?,16-,21+/m1/s1. The number of fused-ring (bicyclic) bond motifs is 1. The number of carbonyl (C=O) groups excluding carboxylic acids is 2. The van der Waals surface area contributed by atoms with Gasteiger partial charge in [0.2, 0.25) is 17.8 Å². The molecule has 2 amide bonds. The predicted octanol–water partition coefficient (Wildman–Crippen LogP) is 2.56. The molecule has 0 saturated heterocycles.